The lowest BCUT2D eigenvalue weighted by molar-refractivity contribution is -0.133. The van der Waals surface area contributed by atoms with Gasteiger partial charge in [-0.15, -0.1) is 11.8 Å². The lowest BCUT2D eigenvalue weighted by atomic mass is 9.72. The number of carbonyl (C=O) groups is 1. The maximum atomic E-state index is 14.1. The Morgan fingerprint density at radius 1 is 1.25 bits per heavy atom. The molecule has 2 aromatic rings. The second-order valence-corrected chi connectivity index (χ2v) is 7.88. The van der Waals surface area contributed by atoms with Gasteiger partial charge in [0, 0.05) is 17.7 Å². The van der Waals surface area contributed by atoms with E-state index in [1.165, 1.54) is 0 Å². The summed E-state index contributed by atoms with van der Waals surface area (Å²) in [6, 6.07) is 17.6. The molecule has 2 unspecified atom stereocenters. The van der Waals surface area contributed by atoms with Gasteiger partial charge in [0.2, 0.25) is 11.8 Å². The summed E-state index contributed by atoms with van der Waals surface area (Å²) in [5.74, 6) is -4.50. The van der Waals surface area contributed by atoms with E-state index in [2.05, 4.69) is 5.32 Å². The molecule has 2 atom stereocenters. The van der Waals surface area contributed by atoms with Crippen molar-refractivity contribution in [1.82, 2.24) is 5.32 Å². The fourth-order valence-corrected chi connectivity index (χ4v) is 4.30. The van der Waals surface area contributed by atoms with Crippen LogP contribution in [0.5, 0.6) is 0 Å². The van der Waals surface area contributed by atoms with E-state index in [1.54, 1.807) is 11.8 Å². The first-order valence-electron chi connectivity index (χ1n) is 9.21. The Labute approximate surface area is 168 Å². The number of nitriles is 1. The quantitative estimate of drug-likeness (QED) is 0.552. The van der Waals surface area contributed by atoms with Crippen LogP contribution in [0.4, 0.5) is 8.78 Å². The molecule has 0 aliphatic heterocycles. The molecule has 1 N–H and O–H groups in total. The second kappa shape index (κ2) is 8.74. The van der Waals surface area contributed by atoms with Crippen LogP contribution in [-0.2, 0) is 4.79 Å². The summed E-state index contributed by atoms with van der Waals surface area (Å²) in [6.45, 7) is -0.175. The third-order valence-electron chi connectivity index (χ3n) is 5.27. The van der Waals surface area contributed by atoms with E-state index < -0.39 is 24.2 Å². The summed E-state index contributed by atoms with van der Waals surface area (Å²) in [5, 5.41) is 11.2. The fourth-order valence-electron chi connectivity index (χ4n) is 3.89. The van der Waals surface area contributed by atoms with E-state index in [-0.39, 0.29) is 25.3 Å². The SMILES string of the molecule is CSc1ccc(-c2ccccc2C2CCC(F)(F)CC2C(=O)NCC#N)cc1. The lowest BCUT2D eigenvalue weighted by Gasteiger charge is -2.36. The van der Waals surface area contributed by atoms with Crippen molar-refractivity contribution in [2.45, 2.75) is 36.0 Å². The molecule has 0 bridgehead atoms. The monoisotopic (exact) mass is 400 g/mol. The van der Waals surface area contributed by atoms with Gasteiger partial charge in [-0.3, -0.25) is 4.79 Å². The number of hydrogen-bond donors (Lipinski definition) is 1. The molecule has 2 aromatic carbocycles. The highest BCUT2D eigenvalue weighted by atomic mass is 32.2. The molecule has 1 amide bonds. The van der Waals surface area contributed by atoms with Crippen LogP contribution in [0.15, 0.2) is 53.4 Å². The van der Waals surface area contributed by atoms with Crippen molar-refractivity contribution < 1.29 is 13.6 Å². The van der Waals surface area contributed by atoms with Crippen LogP contribution in [0.1, 0.15) is 30.7 Å². The molecule has 3 nitrogen and oxygen atoms in total. The van der Waals surface area contributed by atoms with Crippen molar-refractivity contribution in [3.63, 3.8) is 0 Å². The molecule has 28 heavy (non-hydrogen) atoms. The van der Waals surface area contributed by atoms with E-state index >= 15 is 0 Å². The zero-order valence-electron chi connectivity index (χ0n) is 15.6. The van der Waals surface area contributed by atoms with Crippen LogP contribution in [0, 0.1) is 17.2 Å². The molecule has 0 spiro atoms. The number of benzene rings is 2. The third kappa shape index (κ3) is 4.53. The van der Waals surface area contributed by atoms with Crippen molar-refractivity contribution in [3.05, 3.63) is 54.1 Å². The van der Waals surface area contributed by atoms with Crippen molar-refractivity contribution in [2.75, 3.05) is 12.8 Å². The van der Waals surface area contributed by atoms with Crippen molar-refractivity contribution in [3.8, 4) is 17.2 Å². The van der Waals surface area contributed by atoms with Crippen LogP contribution < -0.4 is 5.32 Å². The topological polar surface area (TPSA) is 52.9 Å². The minimum atomic E-state index is -2.86. The summed E-state index contributed by atoms with van der Waals surface area (Å²) < 4.78 is 28.2. The zero-order chi connectivity index (χ0) is 20.1. The molecule has 3 rings (SSSR count). The highest BCUT2D eigenvalue weighted by Gasteiger charge is 2.45. The number of carbonyl (C=O) groups excluding carboxylic acids is 1. The zero-order valence-corrected chi connectivity index (χ0v) is 16.4. The number of amides is 1. The molecule has 0 saturated heterocycles. The standard InChI is InChI=1S/C22H22F2N2OS/c1-28-16-8-6-15(7-9-16)17-4-2-3-5-18(17)19-10-11-22(23,24)14-20(19)21(27)26-13-12-25/h2-9,19-20H,10-11,13-14H2,1H3,(H,26,27). The minimum Gasteiger partial charge on any atom is -0.343 e. The molecule has 0 radical (unpaired) electrons. The van der Waals surface area contributed by atoms with Gasteiger partial charge < -0.3 is 5.32 Å². The van der Waals surface area contributed by atoms with Gasteiger partial charge in [0.15, 0.2) is 0 Å². The highest BCUT2D eigenvalue weighted by molar-refractivity contribution is 7.98. The average Bonchev–Trinajstić information content (AvgIpc) is 2.71. The van der Waals surface area contributed by atoms with E-state index in [9.17, 15) is 13.6 Å². The Balaban J connectivity index is 1.98. The number of thioether (sulfide) groups is 1. The third-order valence-corrected chi connectivity index (χ3v) is 6.01. The molecular formula is C22H22F2N2OS. The van der Waals surface area contributed by atoms with Crippen LogP contribution in [-0.4, -0.2) is 24.6 Å². The van der Waals surface area contributed by atoms with E-state index in [1.807, 2.05) is 60.9 Å². The first-order chi connectivity index (χ1) is 13.4. The maximum Gasteiger partial charge on any atom is 0.249 e. The number of nitrogens with zero attached hydrogens (tertiary/aromatic N) is 1. The lowest BCUT2D eigenvalue weighted by Crippen LogP contribution is -2.41. The van der Waals surface area contributed by atoms with Gasteiger partial charge >= 0.3 is 0 Å². The molecule has 1 saturated carbocycles. The van der Waals surface area contributed by atoms with Crippen molar-refractivity contribution in [2.24, 2.45) is 5.92 Å². The predicted octanol–water partition coefficient (Wildman–Crippen LogP) is 5.23. The largest absolute Gasteiger partial charge is 0.343 e. The fraction of sp³-hybridized carbons (Fsp3) is 0.364. The van der Waals surface area contributed by atoms with Crippen LogP contribution in [0.2, 0.25) is 0 Å². The van der Waals surface area contributed by atoms with Gasteiger partial charge in [0.25, 0.3) is 0 Å². The smallest absolute Gasteiger partial charge is 0.249 e. The Bertz CT molecular complexity index is 877. The normalized spacial score (nSPS) is 20.9. The molecule has 1 fully saturated rings. The van der Waals surface area contributed by atoms with Gasteiger partial charge in [-0.25, -0.2) is 8.78 Å². The molecule has 1 aliphatic carbocycles. The van der Waals surface area contributed by atoms with Crippen LogP contribution in [0.3, 0.4) is 0 Å². The van der Waals surface area contributed by atoms with E-state index in [4.69, 9.17) is 5.26 Å². The Morgan fingerprint density at radius 2 is 1.96 bits per heavy atom. The van der Waals surface area contributed by atoms with Crippen molar-refractivity contribution in [1.29, 1.82) is 5.26 Å². The molecular weight excluding hydrogens is 378 g/mol. The number of halogens is 2. The number of nitrogens with one attached hydrogen (secondary N) is 1. The van der Waals surface area contributed by atoms with Crippen LogP contribution >= 0.6 is 11.8 Å². The molecule has 6 heteroatoms. The van der Waals surface area contributed by atoms with Gasteiger partial charge in [-0.1, -0.05) is 36.4 Å². The first-order valence-corrected chi connectivity index (χ1v) is 10.4. The molecule has 0 aromatic heterocycles. The Kier molecular flexibility index (Phi) is 6.35. The van der Waals surface area contributed by atoms with E-state index in [0.717, 1.165) is 21.6 Å². The van der Waals surface area contributed by atoms with E-state index in [0.29, 0.717) is 0 Å². The predicted molar refractivity (Wildman–Crippen MR) is 107 cm³/mol. The van der Waals surface area contributed by atoms with Gasteiger partial charge in [-0.05, 0) is 47.4 Å². The van der Waals surface area contributed by atoms with Crippen molar-refractivity contribution >= 4 is 17.7 Å². The first kappa shape index (κ1) is 20.3. The summed E-state index contributed by atoms with van der Waals surface area (Å²) >= 11 is 1.65. The second-order valence-electron chi connectivity index (χ2n) is 7.00. The van der Waals surface area contributed by atoms with Crippen LogP contribution in [0.25, 0.3) is 11.1 Å². The average molecular weight is 400 g/mol. The summed E-state index contributed by atoms with van der Waals surface area (Å²) in [7, 11) is 0. The maximum absolute atomic E-state index is 14.1. The molecule has 1 aliphatic rings. The highest BCUT2D eigenvalue weighted by Crippen LogP contribution is 2.47. The summed E-state index contributed by atoms with van der Waals surface area (Å²) in [6.07, 6.45) is 1.52. The number of rotatable bonds is 5. The molecule has 0 heterocycles. The number of hydrogen-bond acceptors (Lipinski definition) is 3. The summed E-state index contributed by atoms with van der Waals surface area (Å²) in [4.78, 5) is 13.7. The molecule has 146 valence electrons. The summed E-state index contributed by atoms with van der Waals surface area (Å²) in [5.41, 5.74) is 2.87. The van der Waals surface area contributed by atoms with Gasteiger partial charge in [-0.2, -0.15) is 5.26 Å². The Hall–Kier alpha value is -2.39. The van der Waals surface area contributed by atoms with Gasteiger partial charge in [0.1, 0.15) is 6.54 Å². The minimum absolute atomic E-state index is 0.175. The Morgan fingerprint density at radius 3 is 2.64 bits per heavy atom. The van der Waals surface area contributed by atoms with Gasteiger partial charge in [0.05, 0.1) is 12.0 Å². The number of alkyl halides is 2.